The first-order valence-corrected chi connectivity index (χ1v) is 8.70. The zero-order valence-corrected chi connectivity index (χ0v) is 15.9. The lowest BCUT2D eigenvalue weighted by atomic mass is 9.87. The summed E-state index contributed by atoms with van der Waals surface area (Å²) in [5.74, 6) is 0.408. The molecule has 0 saturated heterocycles. The quantitative estimate of drug-likeness (QED) is 0.697. The maximum atomic E-state index is 12.4. The molecule has 0 fully saturated rings. The maximum absolute atomic E-state index is 12.4. The predicted molar refractivity (Wildman–Crippen MR) is 104 cm³/mol. The van der Waals surface area contributed by atoms with Gasteiger partial charge in [0.1, 0.15) is 5.65 Å². The highest BCUT2D eigenvalue weighted by atomic mass is 16.1. The lowest BCUT2D eigenvalue weighted by molar-refractivity contribution is 0.102. The second-order valence-corrected chi connectivity index (χ2v) is 6.88. The number of aromatic nitrogens is 2. The molecule has 2 aromatic heterocycles. The predicted octanol–water partition coefficient (Wildman–Crippen LogP) is 5.22. The summed E-state index contributed by atoms with van der Waals surface area (Å²) in [6.45, 7) is 12.5. The minimum atomic E-state index is -0.148. The number of nitrogens with zero attached hydrogens (tertiary/aromatic N) is 2. The van der Waals surface area contributed by atoms with Crippen LogP contribution >= 0.6 is 0 Å². The third-order valence-electron chi connectivity index (χ3n) is 3.85. The SMILES string of the molecule is CC.Cc1ccc2nc(NC(=O)c3ccc(C(C)(C)C)cc3)cn2c1. The second-order valence-electron chi connectivity index (χ2n) is 6.88. The van der Waals surface area contributed by atoms with Gasteiger partial charge in [0.2, 0.25) is 0 Å². The average Bonchev–Trinajstić information content (AvgIpc) is 2.97. The number of fused-ring (bicyclic) bond motifs is 1. The minimum absolute atomic E-state index is 0.0778. The van der Waals surface area contributed by atoms with Crippen molar-refractivity contribution < 1.29 is 4.79 Å². The fourth-order valence-electron chi connectivity index (χ4n) is 2.47. The Hall–Kier alpha value is -2.62. The van der Waals surface area contributed by atoms with E-state index in [2.05, 4.69) is 31.1 Å². The van der Waals surface area contributed by atoms with E-state index in [0.29, 0.717) is 11.4 Å². The highest BCUT2D eigenvalue weighted by molar-refractivity contribution is 6.03. The van der Waals surface area contributed by atoms with Gasteiger partial charge in [-0.2, -0.15) is 0 Å². The molecule has 0 unspecified atom stereocenters. The fraction of sp³-hybridized carbons (Fsp3) is 0.333. The molecule has 0 aliphatic carbocycles. The number of amides is 1. The Kier molecular flexibility index (Phi) is 5.62. The van der Waals surface area contributed by atoms with Crippen molar-refractivity contribution in [3.05, 3.63) is 65.5 Å². The van der Waals surface area contributed by atoms with Crippen molar-refractivity contribution in [2.24, 2.45) is 0 Å². The molecule has 0 bridgehead atoms. The number of carbonyl (C=O) groups excluding carboxylic acids is 1. The molecule has 1 N–H and O–H groups in total. The Morgan fingerprint density at radius 1 is 1.00 bits per heavy atom. The van der Waals surface area contributed by atoms with Crippen molar-refractivity contribution >= 4 is 17.4 Å². The number of imidazole rings is 1. The van der Waals surface area contributed by atoms with Crippen LogP contribution in [0.25, 0.3) is 5.65 Å². The van der Waals surface area contributed by atoms with Crippen molar-refractivity contribution in [1.82, 2.24) is 9.38 Å². The van der Waals surface area contributed by atoms with Crippen LogP contribution in [0.3, 0.4) is 0 Å². The lowest BCUT2D eigenvalue weighted by Crippen LogP contribution is -2.14. The molecule has 0 aliphatic rings. The van der Waals surface area contributed by atoms with Gasteiger partial charge in [-0.25, -0.2) is 4.98 Å². The molecular weight excluding hydrogens is 310 g/mol. The molecule has 0 spiro atoms. The van der Waals surface area contributed by atoms with Crippen molar-refractivity contribution in [3.8, 4) is 0 Å². The number of aryl methyl sites for hydroxylation is 1. The number of hydrogen-bond donors (Lipinski definition) is 1. The van der Waals surface area contributed by atoms with Crippen LogP contribution < -0.4 is 5.32 Å². The van der Waals surface area contributed by atoms with Crippen LogP contribution in [0.5, 0.6) is 0 Å². The van der Waals surface area contributed by atoms with Crippen molar-refractivity contribution in [2.45, 2.75) is 47.0 Å². The van der Waals surface area contributed by atoms with Gasteiger partial charge in [0, 0.05) is 11.8 Å². The largest absolute Gasteiger partial charge is 0.305 e. The monoisotopic (exact) mass is 337 g/mol. The molecule has 0 radical (unpaired) electrons. The van der Waals surface area contributed by atoms with E-state index in [9.17, 15) is 4.79 Å². The zero-order chi connectivity index (χ0) is 18.6. The van der Waals surface area contributed by atoms with Crippen LogP contribution in [-0.4, -0.2) is 15.3 Å². The summed E-state index contributed by atoms with van der Waals surface area (Å²) in [6.07, 6.45) is 3.81. The smallest absolute Gasteiger partial charge is 0.256 e. The number of rotatable bonds is 2. The minimum Gasteiger partial charge on any atom is -0.305 e. The molecule has 1 aromatic carbocycles. The summed E-state index contributed by atoms with van der Waals surface area (Å²) in [5.41, 5.74) is 3.87. The van der Waals surface area contributed by atoms with Gasteiger partial charge in [-0.15, -0.1) is 0 Å². The van der Waals surface area contributed by atoms with Gasteiger partial charge in [0.15, 0.2) is 5.82 Å². The number of hydrogen-bond acceptors (Lipinski definition) is 2. The average molecular weight is 337 g/mol. The van der Waals surface area contributed by atoms with E-state index in [1.165, 1.54) is 5.56 Å². The maximum Gasteiger partial charge on any atom is 0.256 e. The molecule has 1 amide bonds. The summed E-state index contributed by atoms with van der Waals surface area (Å²) in [4.78, 5) is 16.8. The highest BCUT2D eigenvalue weighted by Gasteiger charge is 2.14. The Morgan fingerprint density at radius 2 is 1.64 bits per heavy atom. The normalized spacial score (nSPS) is 11.0. The summed E-state index contributed by atoms with van der Waals surface area (Å²) >= 11 is 0. The zero-order valence-electron chi connectivity index (χ0n) is 15.9. The van der Waals surface area contributed by atoms with Gasteiger partial charge >= 0.3 is 0 Å². The molecule has 3 aromatic rings. The third kappa shape index (κ3) is 4.47. The second kappa shape index (κ2) is 7.51. The molecule has 3 rings (SSSR count). The van der Waals surface area contributed by atoms with Gasteiger partial charge in [-0.1, -0.05) is 52.8 Å². The van der Waals surface area contributed by atoms with E-state index in [1.807, 2.05) is 74.0 Å². The van der Waals surface area contributed by atoms with Crippen molar-refractivity contribution in [1.29, 1.82) is 0 Å². The van der Waals surface area contributed by atoms with E-state index in [0.717, 1.165) is 11.2 Å². The number of carbonyl (C=O) groups is 1. The number of anilines is 1. The molecule has 4 nitrogen and oxygen atoms in total. The summed E-state index contributed by atoms with van der Waals surface area (Å²) < 4.78 is 1.91. The van der Waals surface area contributed by atoms with Crippen LogP contribution in [-0.2, 0) is 5.41 Å². The van der Waals surface area contributed by atoms with Crippen LogP contribution in [0.1, 0.15) is 56.1 Å². The first-order valence-electron chi connectivity index (χ1n) is 8.70. The van der Waals surface area contributed by atoms with Crippen LogP contribution in [0, 0.1) is 6.92 Å². The standard InChI is InChI=1S/C19H21N3O.C2H6/c1-13-5-10-17-20-16(12-22(17)11-13)21-18(23)14-6-8-15(9-7-14)19(2,3)4;1-2/h5-12H,1-4H3,(H,21,23);1-2H3. The number of benzene rings is 1. The molecule has 25 heavy (non-hydrogen) atoms. The summed E-state index contributed by atoms with van der Waals surface area (Å²) in [7, 11) is 0. The molecule has 2 heterocycles. The van der Waals surface area contributed by atoms with E-state index in [-0.39, 0.29) is 11.3 Å². The van der Waals surface area contributed by atoms with Gasteiger partial charge in [0.05, 0.1) is 6.20 Å². The Morgan fingerprint density at radius 3 is 2.24 bits per heavy atom. The molecule has 132 valence electrons. The first kappa shape index (κ1) is 18.7. The Bertz CT molecular complexity index is 855. The van der Waals surface area contributed by atoms with E-state index < -0.39 is 0 Å². The third-order valence-corrected chi connectivity index (χ3v) is 3.85. The molecular formula is C21H27N3O. The van der Waals surface area contributed by atoms with Crippen molar-refractivity contribution in [2.75, 3.05) is 5.32 Å². The van der Waals surface area contributed by atoms with Crippen LogP contribution in [0.2, 0.25) is 0 Å². The van der Waals surface area contributed by atoms with Gasteiger partial charge < -0.3 is 9.72 Å². The van der Waals surface area contributed by atoms with Gasteiger partial charge in [0.25, 0.3) is 5.91 Å². The summed E-state index contributed by atoms with van der Waals surface area (Å²) in [5, 5.41) is 2.85. The summed E-state index contributed by atoms with van der Waals surface area (Å²) in [6, 6.07) is 11.7. The van der Waals surface area contributed by atoms with Crippen molar-refractivity contribution in [3.63, 3.8) is 0 Å². The van der Waals surface area contributed by atoms with E-state index in [4.69, 9.17) is 0 Å². The highest BCUT2D eigenvalue weighted by Crippen LogP contribution is 2.22. The first-order chi connectivity index (χ1) is 11.8. The Labute approximate surface area is 149 Å². The van der Waals surface area contributed by atoms with Crippen LogP contribution in [0.15, 0.2) is 48.8 Å². The van der Waals surface area contributed by atoms with Gasteiger partial charge in [-0.05, 0) is 41.7 Å². The number of pyridine rings is 1. The van der Waals surface area contributed by atoms with Gasteiger partial charge in [-0.3, -0.25) is 4.79 Å². The number of nitrogens with one attached hydrogen (secondary N) is 1. The topological polar surface area (TPSA) is 46.4 Å². The molecule has 0 atom stereocenters. The molecule has 0 saturated carbocycles. The van der Waals surface area contributed by atoms with E-state index in [1.54, 1.807) is 0 Å². The Balaban J connectivity index is 0.00000109. The van der Waals surface area contributed by atoms with Crippen LogP contribution in [0.4, 0.5) is 5.82 Å². The fourth-order valence-corrected chi connectivity index (χ4v) is 2.47. The lowest BCUT2D eigenvalue weighted by Gasteiger charge is -2.18. The molecule has 4 heteroatoms. The van der Waals surface area contributed by atoms with E-state index >= 15 is 0 Å². The molecule has 0 aliphatic heterocycles.